The molecule has 0 bridgehead atoms. The normalized spacial score (nSPS) is 22.2. The van der Waals surface area contributed by atoms with Crippen LogP contribution in [0.1, 0.15) is 57.6 Å². The zero-order valence-corrected chi connectivity index (χ0v) is 14.2. The van der Waals surface area contributed by atoms with E-state index in [-0.39, 0.29) is 23.4 Å². The van der Waals surface area contributed by atoms with E-state index in [0.717, 1.165) is 11.8 Å². The van der Waals surface area contributed by atoms with Crippen molar-refractivity contribution in [3.8, 4) is 0 Å². The topological polar surface area (TPSA) is 43.4 Å². The van der Waals surface area contributed by atoms with Gasteiger partial charge in [0.25, 0.3) is 0 Å². The molecule has 1 heterocycles. The first-order valence-corrected chi connectivity index (χ1v) is 7.90. The van der Waals surface area contributed by atoms with Crippen LogP contribution >= 0.6 is 0 Å². The third-order valence-electron chi connectivity index (χ3n) is 5.00. The Morgan fingerprint density at radius 2 is 2.09 bits per heavy atom. The average molecular weight is 302 g/mol. The number of aryl methyl sites for hydroxylation is 1. The predicted molar refractivity (Wildman–Crippen MR) is 86.7 cm³/mol. The number of benzene rings is 1. The molecule has 0 radical (unpaired) electrons. The van der Waals surface area contributed by atoms with Gasteiger partial charge in [-0.1, -0.05) is 43.7 Å². The van der Waals surface area contributed by atoms with E-state index in [1.807, 2.05) is 32.9 Å². The first-order chi connectivity index (χ1) is 10.2. The van der Waals surface area contributed by atoms with Crippen LogP contribution in [-0.2, 0) is 14.3 Å². The lowest BCUT2D eigenvalue weighted by Gasteiger charge is -2.38. The molecule has 0 amide bonds. The van der Waals surface area contributed by atoms with E-state index < -0.39 is 5.41 Å². The molecule has 22 heavy (non-hydrogen) atoms. The molecule has 1 saturated heterocycles. The molecule has 1 aromatic rings. The summed E-state index contributed by atoms with van der Waals surface area (Å²) >= 11 is 0. The fraction of sp³-hybridized carbons (Fsp3) is 0.579. The van der Waals surface area contributed by atoms with Gasteiger partial charge in [-0.25, -0.2) is 0 Å². The lowest BCUT2D eigenvalue weighted by molar-refractivity contribution is -0.151. The van der Waals surface area contributed by atoms with E-state index in [4.69, 9.17) is 4.74 Å². The first kappa shape index (κ1) is 16.7. The Morgan fingerprint density at radius 3 is 2.59 bits per heavy atom. The highest BCUT2D eigenvalue weighted by Crippen LogP contribution is 2.48. The molecule has 3 heteroatoms. The van der Waals surface area contributed by atoms with Crippen LogP contribution in [0.2, 0.25) is 0 Å². The van der Waals surface area contributed by atoms with Crippen LogP contribution < -0.4 is 0 Å². The zero-order valence-electron chi connectivity index (χ0n) is 14.2. The number of rotatable bonds is 5. The largest absolute Gasteiger partial charge is 0.461 e. The van der Waals surface area contributed by atoms with Crippen molar-refractivity contribution in [2.45, 2.75) is 59.5 Å². The molecule has 0 aromatic heterocycles. The fourth-order valence-electron chi connectivity index (χ4n) is 3.37. The molecule has 0 spiro atoms. The summed E-state index contributed by atoms with van der Waals surface area (Å²) < 4.78 is 5.67. The summed E-state index contributed by atoms with van der Waals surface area (Å²) in [6.45, 7) is 10.1. The van der Waals surface area contributed by atoms with Gasteiger partial charge in [0.2, 0.25) is 0 Å². The standard InChI is InChI=1S/C19H26O3/c1-13-7-6-8-14(11-13)15(9-10-20)19(4,5)16-12-18(2,3)17(21)22-16/h6-8,10-11,15-16H,9,12H2,1-5H3/t15-,16?/m1/s1. The predicted octanol–water partition coefficient (Wildman–Crippen LogP) is 4.04. The summed E-state index contributed by atoms with van der Waals surface area (Å²) in [5.74, 6) is -0.101. The molecule has 0 saturated carbocycles. The Morgan fingerprint density at radius 1 is 1.41 bits per heavy atom. The summed E-state index contributed by atoms with van der Waals surface area (Å²) in [6.07, 6.45) is 1.93. The molecule has 1 aromatic carbocycles. The van der Waals surface area contributed by atoms with Crippen LogP contribution in [0.15, 0.2) is 24.3 Å². The van der Waals surface area contributed by atoms with Gasteiger partial charge in [-0.3, -0.25) is 4.79 Å². The number of cyclic esters (lactones) is 1. The van der Waals surface area contributed by atoms with Crippen molar-refractivity contribution in [1.82, 2.24) is 0 Å². The quantitative estimate of drug-likeness (QED) is 0.609. The van der Waals surface area contributed by atoms with E-state index in [9.17, 15) is 9.59 Å². The third kappa shape index (κ3) is 3.08. The van der Waals surface area contributed by atoms with Gasteiger partial charge in [-0.05, 0) is 32.3 Å². The SMILES string of the molecule is Cc1cccc([C@@H](CC=O)C(C)(C)C2CC(C)(C)C(=O)O2)c1. The Balaban J connectivity index is 2.35. The number of carbonyl (C=O) groups excluding carboxylic acids is 2. The summed E-state index contributed by atoms with van der Waals surface area (Å²) in [7, 11) is 0. The Labute approximate surface area is 133 Å². The van der Waals surface area contributed by atoms with Gasteiger partial charge in [0.05, 0.1) is 5.41 Å². The molecular formula is C19H26O3. The van der Waals surface area contributed by atoms with Crippen molar-refractivity contribution in [2.24, 2.45) is 10.8 Å². The van der Waals surface area contributed by atoms with Gasteiger partial charge in [-0.15, -0.1) is 0 Å². The summed E-state index contributed by atoms with van der Waals surface area (Å²) in [5.41, 5.74) is 1.57. The smallest absolute Gasteiger partial charge is 0.311 e. The minimum Gasteiger partial charge on any atom is -0.461 e. The molecule has 1 unspecified atom stereocenters. The highest BCUT2D eigenvalue weighted by Gasteiger charge is 2.50. The van der Waals surface area contributed by atoms with Crippen LogP contribution in [0.25, 0.3) is 0 Å². The first-order valence-electron chi connectivity index (χ1n) is 7.90. The molecule has 3 nitrogen and oxygen atoms in total. The molecule has 0 N–H and O–H groups in total. The molecule has 0 aliphatic carbocycles. The molecular weight excluding hydrogens is 276 g/mol. The van der Waals surface area contributed by atoms with Gasteiger partial charge >= 0.3 is 5.97 Å². The number of ether oxygens (including phenoxy) is 1. The Bertz CT molecular complexity index is 572. The van der Waals surface area contributed by atoms with Gasteiger partial charge in [0.15, 0.2) is 0 Å². The van der Waals surface area contributed by atoms with E-state index in [1.165, 1.54) is 5.56 Å². The lowest BCUT2D eigenvalue weighted by atomic mass is 9.67. The second-order valence-electron chi connectivity index (χ2n) is 7.67. The summed E-state index contributed by atoms with van der Waals surface area (Å²) in [5, 5.41) is 0. The fourth-order valence-corrected chi connectivity index (χ4v) is 3.37. The Hall–Kier alpha value is -1.64. The van der Waals surface area contributed by atoms with E-state index in [1.54, 1.807) is 0 Å². The van der Waals surface area contributed by atoms with Gasteiger partial charge < -0.3 is 9.53 Å². The van der Waals surface area contributed by atoms with Crippen LogP contribution in [0.3, 0.4) is 0 Å². The molecule has 1 fully saturated rings. The summed E-state index contributed by atoms with van der Waals surface area (Å²) in [6, 6.07) is 8.25. The number of carbonyl (C=O) groups is 2. The lowest BCUT2D eigenvalue weighted by Crippen LogP contribution is -2.36. The highest BCUT2D eigenvalue weighted by molar-refractivity contribution is 5.78. The van der Waals surface area contributed by atoms with Crippen molar-refractivity contribution in [1.29, 1.82) is 0 Å². The molecule has 1 aliphatic rings. The van der Waals surface area contributed by atoms with Crippen LogP contribution in [-0.4, -0.2) is 18.4 Å². The van der Waals surface area contributed by atoms with Crippen molar-refractivity contribution >= 4 is 12.3 Å². The van der Waals surface area contributed by atoms with Crippen molar-refractivity contribution in [2.75, 3.05) is 0 Å². The Kier molecular flexibility index (Phi) is 4.46. The van der Waals surface area contributed by atoms with E-state index in [0.29, 0.717) is 12.8 Å². The molecule has 120 valence electrons. The van der Waals surface area contributed by atoms with Gasteiger partial charge in [0.1, 0.15) is 12.4 Å². The highest BCUT2D eigenvalue weighted by atomic mass is 16.6. The van der Waals surface area contributed by atoms with Crippen LogP contribution in [0.5, 0.6) is 0 Å². The van der Waals surface area contributed by atoms with E-state index >= 15 is 0 Å². The second kappa shape index (κ2) is 5.86. The molecule has 1 aliphatic heterocycles. The maximum Gasteiger partial charge on any atom is 0.311 e. The molecule has 2 rings (SSSR count). The number of hydrogen-bond acceptors (Lipinski definition) is 3. The second-order valence-corrected chi connectivity index (χ2v) is 7.67. The average Bonchev–Trinajstić information content (AvgIpc) is 2.70. The summed E-state index contributed by atoms with van der Waals surface area (Å²) in [4.78, 5) is 23.3. The van der Waals surface area contributed by atoms with E-state index in [2.05, 4.69) is 26.0 Å². The maximum atomic E-state index is 12.0. The van der Waals surface area contributed by atoms with Crippen molar-refractivity contribution in [3.05, 3.63) is 35.4 Å². The number of hydrogen-bond donors (Lipinski definition) is 0. The minimum absolute atomic E-state index is 0.0385. The maximum absolute atomic E-state index is 12.0. The van der Waals surface area contributed by atoms with Gasteiger partial charge in [0, 0.05) is 18.3 Å². The van der Waals surface area contributed by atoms with Crippen LogP contribution in [0.4, 0.5) is 0 Å². The van der Waals surface area contributed by atoms with Crippen molar-refractivity contribution in [3.63, 3.8) is 0 Å². The van der Waals surface area contributed by atoms with Gasteiger partial charge in [-0.2, -0.15) is 0 Å². The van der Waals surface area contributed by atoms with Crippen LogP contribution in [0, 0.1) is 17.8 Å². The van der Waals surface area contributed by atoms with Crippen molar-refractivity contribution < 1.29 is 14.3 Å². The third-order valence-corrected chi connectivity index (χ3v) is 5.00. The monoisotopic (exact) mass is 302 g/mol. The molecule has 2 atom stereocenters. The number of esters is 1. The minimum atomic E-state index is -0.444. The number of aldehydes is 1. The zero-order chi connectivity index (χ0) is 16.5.